The average Bonchev–Trinajstić information content (AvgIpc) is 2.36. The summed E-state index contributed by atoms with van der Waals surface area (Å²) in [5.41, 5.74) is 0. The van der Waals surface area contributed by atoms with Crippen LogP contribution in [-0.4, -0.2) is 51.6 Å². The molecule has 1 atom stereocenters. The Bertz CT molecular complexity index is 606. The van der Waals surface area contributed by atoms with Gasteiger partial charge in [0.2, 0.25) is 30.9 Å². The number of hydrogen-bond acceptors (Lipinski definition) is 6. The van der Waals surface area contributed by atoms with Gasteiger partial charge in [0, 0.05) is 18.4 Å². The molecule has 0 aliphatic heterocycles. The van der Waals surface area contributed by atoms with Crippen molar-refractivity contribution in [3.05, 3.63) is 12.0 Å². The van der Waals surface area contributed by atoms with Crippen LogP contribution in [-0.2, 0) is 26.9 Å². The molecular formula is C18H43O6PSi4. The van der Waals surface area contributed by atoms with Crippen molar-refractivity contribution in [2.24, 2.45) is 0 Å². The largest absolute Gasteiger partial charge is 0.521 e. The predicted octanol–water partition coefficient (Wildman–Crippen LogP) is 6.43. The molecule has 0 aliphatic rings. The molecule has 0 saturated carbocycles. The molecule has 0 fully saturated rings. The molecule has 0 amide bonds. The van der Waals surface area contributed by atoms with Gasteiger partial charge in [0.1, 0.15) is 0 Å². The molecule has 0 rings (SSSR count). The molecule has 11 heteroatoms. The molecular weight excluding hydrogens is 456 g/mol. The summed E-state index contributed by atoms with van der Waals surface area (Å²) in [5.74, 6) is 0.150. The van der Waals surface area contributed by atoms with Crippen molar-refractivity contribution in [2.75, 3.05) is 12.3 Å². The Hall–Kier alpha value is -0.132. The van der Waals surface area contributed by atoms with E-state index in [0.717, 1.165) is 0 Å². The summed E-state index contributed by atoms with van der Waals surface area (Å²) >= 11 is 0. The van der Waals surface area contributed by atoms with Crippen molar-refractivity contribution in [3.8, 4) is 0 Å². The highest BCUT2D eigenvalue weighted by atomic mass is 31.2. The monoisotopic (exact) mass is 498 g/mol. The second kappa shape index (κ2) is 10.5. The number of rotatable bonds is 12. The van der Waals surface area contributed by atoms with E-state index >= 15 is 0 Å². The Morgan fingerprint density at radius 2 is 1.14 bits per heavy atom. The topological polar surface area (TPSA) is 71.1 Å². The van der Waals surface area contributed by atoms with Crippen LogP contribution in [0, 0.1) is 0 Å². The first-order valence-electron chi connectivity index (χ1n) is 10.2. The maximum atomic E-state index is 13.6. The van der Waals surface area contributed by atoms with Crippen LogP contribution in [0.3, 0.4) is 0 Å². The van der Waals surface area contributed by atoms with E-state index in [2.05, 4.69) is 39.3 Å². The zero-order valence-corrected chi connectivity index (χ0v) is 25.5. The second-order valence-corrected chi connectivity index (χ2v) is 31.9. The van der Waals surface area contributed by atoms with Crippen LogP contribution >= 0.6 is 7.37 Å². The van der Waals surface area contributed by atoms with E-state index in [1.807, 2.05) is 39.3 Å². The number of carbonyl (C=O) groups excluding carboxylic acids is 1. The van der Waals surface area contributed by atoms with Crippen LogP contribution < -0.4 is 0 Å². The highest BCUT2D eigenvalue weighted by Gasteiger charge is 2.32. The smallest absolute Gasteiger partial charge is 0.293 e. The standard InChI is InChI=1S/C18H43O6PSi4/c1-26(2,3)21-17(19)13-15-25(20,24-29(10,11)12)16-14-18(22-27(4,5)6)23-28(7,8)9/h14H,13,15-16H2,1-12H3/t25-/m0/s1. The quantitative estimate of drug-likeness (QED) is 0.175. The van der Waals surface area contributed by atoms with Gasteiger partial charge < -0.3 is 17.5 Å². The lowest BCUT2D eigenvalue weighted by Crippen LogP contribution is -2.32. The molecule has 0 aromatic rings. The fraction of sp³-hybridized carbons (Fsp3) is 0.833. The zero-order chi connectivity index (χ0) is 23.3. The van der Waals surface area contributed by atoms with Crippen LogP contribution in [0.25, 0.3) is 0 Å². The molecule has 6 nitrogen and oxygen atoms in total. The van der Waals surface area contributed by atoms with Gasteiger partial charge in [-0.2, -0.15) is 0 Å². The van der Waals surface area contributed by atoms with Crippen LogP contribution in [0.4, 0.5) is 0 Å². The average molecular weight is 499 g/mol. The van der Waals surface area contributed by atoms with Gasteiger partial charge in [-0.05, 0) is 78.6 Å². The summed E-state index contributed by atoms with van der Waals surface area (Å²) in [6, 6.07) is 0. The summed E-state index contributed by atoms with van der Waals surface area (Å²) in [5, 5.41) is 0. The maximum absolute atomic E-state index is 13.6. The van der Waals surface area contributed by atoms with E-state index in [1.165, 1.54) is 0 Å². The van der Waals surface area contributed by atoms with Crippen LogP contribution in [0.2, 0.25) is 78.6 Å². The molecule has 172 valence electrons. The van der Waals surface area contributed by atoms with Gasteiger partial charge in [0.25, 0.3) is 5.97 Å². The molecule has 0 unspecified atom stereocenters. The first kappa shape index (κ1) is 28.9. The van der Waals surface area contributed by atoms with E-state index < -0.39 is 40.6 Å². The first-order valence-corrected chi connectivity index (χ1v) is 25.8. The van der Waals surface area contributed by atoms with Gasteiger partial charge in [-0.15, -0.1) is 0 Å². The summed E-state index contributed by atoms with van der Waals surface area (Å²) in [6.07, 6.45) is 2.23. The normalized spacial score (nSPS) is 15.3. The highest BCUT2D eigenvalue weighted by molar-refractivity contribution is 7.60. The molecule has 0 heterocycles. The second-order valence-electron chi connectivity index (χ2n) is 11.2. The lowest BCUT2D eigenvalue weighted by Gasteiger charge is -2.29. The van der Waals surface area contributed by atoms with Crippen LogP contribution in [0.1, 0.15) is 6.42 Å². The van der Waals surface area contributed by atoms with Crippen LogP contribution in [0.15, 0.2) is 12.0 Å². The number of allylic oxidation sites excluding steroid dienone is 1. The van der Waals surface area contributed by atoms with Crippen molar-refractivity contribution in [1.82, 2.24) is 0 Å². The molecule has 0 saturated heterocycles. The van der Waals surface area contributed by atoms with Gasteiger partial charge in [0.15, 0.2) is 15.7 Å². The minimum Gasteiger partial charge on any atom is -0.521 e. The lowest BCUT2D eigenvalue weighted by molar-refractivity contribution is -0.134. The summed E-state index contributed by atoms with van der Waals surface area (Å²) in [4.78, 5) is 12.2. The summed E-state index contributed by atoms with van der Waals surface area (Å²) < 4.78 is 37.4. The third-order valence-corrected chi connectivity index (χ3v) is 10.5. The van der Waals surface area contributed by atoms with Gasteiger partial charge in [-0.25, -0.2) is 0 Å². The number of carbonyl (C=O) groups is 1. The van der Waals surface area contributed by atoms with E-state index in [9.17, 15) is 9.36 Å². The van der Waals surface area contributed by atoms with E-state index in [0.29, 0.717) is 5.95 Å². The van der Waals surface area contributed by atoms with Crippen molar-refractivity contribution < 1.29 is 26.9 Å². The fourth-order valence-electron chi connectivity index (χ4n) is 2.25. The lowest BCUT2D eigenvalue weighted by atomic mass is 10.5. The third kappa shape index (κ3) is 17.3. The molecule has 0 aromatic heterocycles. The SMILES string of the molecule is C[Si](C)(C)OC(=O)CC[P@@](=O)(CC=C(O[Si](C)(C)C)O[Si](C)(C)C)O[Si](C)(C)C. The minimum atomic E-state index is -3.07. The predicted molar refractivity (Wildman–Crippen MR) is 133 cm³/mol. The molecule has 0 aromatic carbocycles. The molecule has 0 radical (unpaired) electrons. The van der Waals surface area contributed by atoms with Crippen molar-refractivity contribution >= 4 is 46.6 Å². The van der Waals surface area contributed by atoms with Gasteiger partial charge in [-0.3, -0.25) is 9.36 Å². The molecule has 29 heavy (non-hydrogen) atoms. The molecule has 0 N–H and O–H groups in total. The van der Waals surface area contributed by atoms with Gasteiger partial charge >= 0.3 is 0 Å². The van der Waals surface area contributed by atoms with E-state index in [4.69, 9.17) is 17.5 Å². The van der Waals surface area contributed by atoms with Crippen molar-refractivity contribution in [2.45, 2.75) is 85.0 Å². The fourth-order valence-corrected chi connectivity index (χ4v) is 10.4. The van der Waals surface area contributed by atoms with Crippen molar-refractivity contribution in [1.29, 1.82) is 0 Å². The first-order chi connectivity index (χ1) is 12.6. The molecule has 0 spiro atoms. The van der Waals surface area contributed by atoms with E-state index in [1.54, 1.807) is 6.08 Å². The van der Waals surface area contributed by atoms with Gasteiger partial charge in [0.05, 0.1) is 6.42 Å². The summed E-state index contributed by atoms with van der Waals surface area (Å²) in [6.45, 7) is 24.4. The van der Waals surface area contributed by atoms with Gasteiger partial charge in [-0.1, -0.05) is 0 Å². The maximum Gasteiger partial charge on any atom is 0.293 e. The molecule has 0 aliphatic carbocycles. The summed E-state index contributed by atoms with van der Waals surface area (Å²) in [7, 11) is -10.9. The highest BCUT2D eigenvalue weighted by Crippen LogP contribution is 2.50. The van der Waals surface area contributed by atoms with Crippen LogP contribution in [0.5, 0.6) is 0 Å². The Kier molecular flexibility index (Phi) is 10.4. The number of hydrogen-bond donors (Lipinski definition) is 0. The zero-order valence-electron chi connectivity index (χ0n) is 20.6. The Morgan fingerprint density at radius 3 is 1.48 bits per heavy atom. The Labute approximate surface area is 182 Å². The third-order valence-electron chi connectivity index (χ3n) is 2.87. The Balaban J connectivity index is 5.52. The van der Waals surface area contributed by atoms with Crippen molar-refractivity contribution in [3.63, 3.8) is 0 Å². The molecule has 0 bridgehead atoms. The minimum absolute atomic E-state index is 0.0962. The van der Waals surface area contributed by atoms with E-state index in [-0.39, 0.29) is 24.7 Å². The Morgan fingerprint density at radius 1 is 0.724 bits per heavy atom.